The van der Waals surface area contributed by atoms with Crippen molar-refractivity contribution in [3.05, 3.63) is 41.7 Å². The van der Waals surface area contributed by atoms with E-state index in [9.17, 15) is 0 Å². The predicted octanol–water partition coefficient (Wildman–Crippen LogP) is 4.38. The van der Waals surface area contributed by atoms with Crippen molar-refractivity contribution < 1.29 is 21.2 Å². The molecule has 0 spiro atoms. The second kappa shape index (κ2) is 12.3. The first kappa shape index (κ1) is 17.6. The van der Waals surface area contributed by atoms with Gasteiger partial charge in [-0.15, -0.1) is 6.54 Å². The van der Waals surface area contributed by atoms with Crippen molar-refractivity contribution in [1.29, 1.82) is 0 Å². The normalized spacial score (nSPS) is 8.53. The van der Waals surface area contributed by atoms with Gasteiger partial charge in [0.15, 0.2) is 0 Å². The van der Waals surface area contributed by atoms with Crippen LogP contribution in [0.2, 0.25) is 0 Å². The van der Waals surface area contributed by atoms with Crippen LogP contribution in [0.25, 0.3) is 11.9 Å². The molecule has 6 heteroatoms. The van der Waals surface area contributed by atoms with E-state index in [0.717, 1.165) is 12.2 Å². The van der Waals surface area contributed by atoms with Crippen molar-refractivity contribution in [2.75, 3.05) is 13.7 Å². The van der Waals surface area contributed by atoms with Crippen molar-refractivity contribution in [1.82, 2.24) is 0 Å². The van der Waals surface area contributed by atoms with E-state index < -0.39 is 16.5 Å². The zero-order valence-corrected chi connectivity index (χ0v) is 12.1. The zero-order chi connectivity index (χ0) is 10.8. The number of hydrogen-bond acceptors (Lipinski definition) is 1. The molecule has 15 heavy (non-hydrogen) atoms. The first-order valence-corrected chi connectivity index (χ1v) is 9.51. The smallest absolute Gasteiger partial charge is 0.693 e. The van der Waals surface area contributed by atoms with E-state index >= 15 is 0 Å². The van der Waals surface area contributed by atoms with Gasteiger partial charge in [-0.25, -0.2) is 0 Å². The summed E-state index contributed by atoms with van der Waals surface area (Å²) in [6.07, 6.45) is 0.823. The Morgan fingerprint density at radius 3 is 2.07 bits per heavy atom. The van der Waals surface area contributed by atoms with Gasteiger partial charge in [0.05, 0.1) is 7.11 Å². The third-order valence-electron chi connectivity index (χ3n) is 1.57. The molecule has 0 unspecified atom stereocenters. The third-order valence-corrected chi connectivity index (χ3v) is 1.57. The molecule has 0 fully saturated rings. The summed E-state index contributed by atoms with van der Waals surface area (Å²) < 4.78 is 5.00. The van der Waals surface area contributed by atoms with Gasteiger partial charge >= 0.3 is 35.3 Å². The van der Waals surface area contributed by atoms with Crippen LogP contribution in [0.4, 0.5) is 0 Å². The molecule has 0 aliphatic heterocycles. The minimum atomic E-state index is -0.472. The van der Waals surface area contributed by atoms with Gasteiger partial charge in [-0.3, -0.25) is 0 Å². The molecular weight excluding hydrogens is 418 g/mol. The number of ether oxygens (including phenoxy) is 1. The van der Waals surface area contributed by atoms with Crippen molar-refractivity contribution in [3.63, 3.8) is 0 Å². The molecule has 0 aliphatic rings. The van der Waals surface area contributed by atoms with Crippen LogP contribution in [0.1, 0.15) is 5.56 Å². The van der Waals surface area contributed by atoms with E-state index in [-0.39, 0.29) is 6.15 Å². The van der Waals surface area contributed by atoms with Crippen molar-refractivity contribution in [2.24, 2.45) is 0 Å². The van der Waals surface area contributed by atoms with E-state index in [1.165, 1.54) is 5.56 Å². The predicted molar refractivity (Wildman–Crippen MR) is 62.9 cm³/mol. The molecule has 1 aromatic carbocycles. The fourth-order valence-corrected chi connectivity index (χ4v) is 0.937. The molecule has 0 radical (unpaired) electrons. The van der Waals surface area contributed by atoms with Gasteiger partial charge in [0.25, 0.3) is 0 Å². The first-order chi connectivity index (χ1) is 6.78. The third kappa shape index (κ3) is 9.16. The van der Waals surface area contributed by atoms with Gasteiger partial charge in [-0.1, -0.05) is 12.1 Å². The van der Waals surface area contributed by atoms with E-state index in [4.69, 9.17) is 29.3 Å². The molecule has 1 aromatic rings. The SMILES string of the molecule is COc1ccc(CC[NH-])cc1.[Cl][Pt+2][Cl].[NH2-]. The van der Waals surface area contributed by atoms with E-state index in [2.05, 4.69) is 0 Å². The van der Waals surface area contributed by atoms with Gasteiger partial charge in [0, 0.05) is 0 Å². The number of halogens is 2. The Kier molecular flexibility index (Phi) is 14.4. The maximum absolute atomic E-state index is 7.01. The fourth-order valence-electron chi connectivity index (χ4n) is 0.937. The molecule has 1 rings (SSSR count). The molecule has 0 atom stereocenters. The fraction of sp³-hybridized carbons (Fsp3) is 0.333. The Morgan fingerprint density at radius 2 is 1.73 bits per heavy atom. The monoisotopic (exact) mass is 431 g/mol. The van der Waals surface area contributed by atoms with Gasteiger partial charge < -0.3 is 16.6 Å². The number of nitrogens with one attached hydrogen (secondary N) is 1. The Balaban J connectivity index is 0. The average molecular weight is 432 g/mol. The quantitative estimate of drug-likeness (QED) is 0.699. The molecule has 0 bridgehead atoms. The zero-order valence-electron chi connectivity index (χ0n) is 8.28. The summed E-state index contributed by atoms with van der Waals surface area (Å²) in [5, 5.41) is 0. The molecule has 3 N–H and O–H groups in total. The standard InChI is InChI=1S/C9H12NO.2ClH.H2N.Pt/c1-11-9-4-2-8(3-5-9)6-7-10;;;;/h2-5,10H,6-7H2,1H3;2*1H;1H2;/q-1;;;-1;+4/p-2. The van der Waals surface area contributed by atoms with Crippen molar-refractivity contribution >= 4 is 18.8 Å². The van der Waals surface area contributed by atoms with E-state index in [1.807, 2.05) is 24.3 Å². The van der Waals surface area contributed by atoms with Crippen molar-refractivity contribution in [3.8, 4) is 5.75 Å². The van der Waals surface area contributed by atoms with Crippen LogP contribution in [0.15, 0.2) is 24.3 Å². The number of hydrogen-bond donors (Lipinski definition) is 0. The summed E-state index contributed by atoms with van der Waals surface area (Å²) >= 11 is -0.472. The summed E-state index contributed by atoms with van der Waals surface area (Å²) in [5.74, 6) is 0.874. The number of methoxy groups -OCH3 is 1. The summed E-state index contributed by atoms with van der Waals surface area (Å²) in [7, 11) is 11.4. The van der Waals surface area contributed by atoms with Crippen LogP contribution in [0, 0.1) is 0 Å². The molecular formula is C9H14Cl2N2OPt. The number of rotatable bonds is 3. The van der Waals surface area contributed by atoms with Crippen LogP contribution < -0.4 is 4.74 Å². The summed E-state index contributed by atoms with van der Waals surface area (Å²) in [6.45, 7) is 0.451. The molecule has 0 heterocycles. The minimum Gasteiger partial charge on any atom is -0.693 e. The largest absolute Gasteiger partial charge is 0.693 e. The molecule has 0 aromatic heterocycles. The second-order valence-electron chi connectivity index (χ2n) is 2.39. The van der Waals surface area contributed by atoms with E-state index in [1.54, 1.807) is 7.11 Å². The maximum Gasteiger partial charge on any atom is -0.693 e. The molecule has 0 saturated heterocycles. The summed E-state index contributed by atoms with van der Waals surface area (Å²) in [4.78, 5) is 0. The Bertz CT molecular complexity index is 234. The molecule has 3 nitrogen and oxygen atoms in total. The molecule has 0 amide bonds. The molecule has 0 aliphatic carbocycles. The van der Waals surface area contributed by atoms with Crippen LogP contribution >= 0.6 is 18.8 Å². The average Bonchev–Trinajstić information content (AvgIpc) is 2.21. The second-order valence-corrected chi connectivity index (χ2v) is 5.68. The molecule has 90 valence electrons. The Labute approximate surface area is 107 Å². The minimum absolute atomic E-state index is 0. The van der Waals surface area contributed by atoms with Crippen LogP contribution in [0.3, 0.4) is 0 Å². The van der Waals surface area contributed by atoms with Crippen molar-refractivity contribution in [2.45, 2.75) is 6.42 Å². The van der Waals surface area contributed by atoms with Crippen LogP contribution in [-0.2, 0) is 22.9 Å². The molecule has 0 saturated carbocycles. The van der Waals surface area contributed by atoms with Crippen LogP contribution in [-0.4, -0.2) is 13.7 Å². The van der Waals surface area contributed by atoms with Gasteiger partial charge in [-0.05, 0) is 24.1 Å². The van der Waals surface area contributed by atoms with Gasteiger partial charge in [0.2, 0.25) is 0 Å². The first-order valence-electron chi connectivity index (χ1n) is 3.88. The number of nitrogens with two attached hydrogens (primary N) is 1. The Morgan fingerprint density at radius 1 is 1.27 bits per heavy atom. The van der Waals surface area contributed by atoms with Gasteiger partial charge in [-0.2, -0.15) is 0 Å². The Hall–Kier alpha value is 0.208. The summed E-state index contributed by atoms with van der Waals surface area (Å²) in [6, 6.07) is 7.83. The number of benzene rings is 1. The van der Waals surface area contributed by atoms with Gasteiger partial charge in [0.1, 0.15) is 5.75 Å². The van der Waals surface area contributed by atoms with Crippen LogP contribution in [0.5, 0.6) is 5.75 Å². The topological polar surface area (TPSA) is 66.5 Å². The maximum atomic E-state index is 7.01. The van der Waals surface area contributed by atoms with E-state index in [0.29, 0.717) is 6.54 Å². The summed E-state index contributed by atoms with van der Waals surface area (Å²) in [5.41, 5.74) is 8.20.